The van der Waals surface area contributed by atoms with Gasteiger partial charge < -0.3 is 23.7 Å². The third kappa shape index (κ3) is 6.38. The Morgan fingerprint density at radius 2 is 1.67 bits per heavy atom. The van der Waals surface area contributed by atoms with Gasteiger partial charge in [0.25, 0.3) is 5.56 Å². The summed E-state index contributed by atoms with van der Waals surface area (Å²) < 4.78 is 30.5. The first-order chi connectivity index (χ1) is 20.1. The SMILES string of the molecule is CCOC(=O)C1=C(C)N=c2s/c(=C\c3ccc(O[C@H](C)CC)c(OC)c3)c(=O)n2[C@@H]1c1ccc(OC(C)C)c(OC)c1. The van der Waals surface area contributed by atoms with Crippen molar-refractivity contribution in [3.8, 4) is 23.0 Å². The maximum absolute atomic E-state index is 14.0. The number of carbonyl (C=O) groups excluding carboxylic acids is 1. The van der Waals surface area contributed by atoms with Gasteiger partial charge in [0, 0.05) is 0 Å². The average molecular weight is 595 g/mol. The summed E-state index contributed by atoms with van der Waals surface area (Å²) in [4.78, 5) is 32.4. The van der Waals surface area contributed by atoms with E-state index in [1.807, 2.05) is 45.0 Å². The molecular weight excluding hydrogens is 556 g/mol. The van der Waals surface area contributed by atoms with Gasteiger partial charge in [0.15, 0.2) is 27.8 Å². The maximum Gasteiger partial charge on any atom is 0.338 e. The Morgan fingerprint density at radius 3 is 2.31 bits per heavy atom. The number of hydrogen-bond donors (Lipinski definition) is 0. The zero-order valence-electron chi connectivity index (χ0n) is 25.3. The number of esters is 1. The van der Waals surface area contributed by atoms with Crippen LogP contribution in [-0.2, 0) is 9.53 Å². The molecule has 3 aromatic rings. The van der Waals surface area contributed by atoms with Crippen LogP contribution < -0.4 is 33.8 Å². The first-order valence-corrected chi connectivity index (χ1v) is 14.8. The summed E-state index contributed by atoms with van der Waals surface area (Å²) in [5.41, 5.74) is 1.94. The topological polar surface area (TPSA) is 97.6 Å². The van der Waals surface area contributed by atoms with Crippen LogP contribution in [0, 0.1) is 0 Å². The van der Waals surface area contributed by atoms with Crippen LogP contribution in [0.15, 0.2) is 57.5 Å². The molecule has 0 fully saturated rings. The minimum atomic E-state index is -0.773. The molecule has 0 saturated carbocycles. The van der Waals surface area contributed by atoms with E-state index in [0.29, 0.717) is 49.2 Å². The minimum absolute atomic E-state index is 0.0369. The molecule has 224 valence electrons. The van der Waals surface area contributed by atoms with Crippen molar-refractivity contribution in [3.63, 3.8) is 0 Å². The van der Waals surface area contributed by atoms with Crippen LogP contribution in [0.1, 0.15) is 65.1 Å². The van der Waals surface area contributed by atoms with E-state index in [9.17, 15) is 9.59 Å². The molecule has 2 atom stereocenters. The van der Waals surface area contributed by atoms with Crippen LogP contribution in [-0.4, -0.2) is 43.6 Å². The summed E-state index contributed by atoms with van der Waals surface area (Å²) in [7, 11) is 3.14. The summed E-state index contributed by atoms with van der Waals surface area (Å²) >= 11 is 1.25. The highest BCUT2D eigenvalue weighted by Gasteiger charge is 2.34. The fraction of sp³-hybridized carbons (Fsp3) is 0.406. The number of carbonyl (C=O) groups is 1. The molecule has 1 aliphatic heterocycles. The van der Waals surface area contributed by atoms with Crippen molar-refractivity contribution in [1.82, 2.24) is 4.57 Å². The lowest BCUT2D eigenvalue weighted by atomic mass is 9.95. The van der Waals surface area contributed by atoms with Crippen LogP contribution in [0.5, 0.6) is 23.0 Å². The Morgan fingerprint density at radius 1 is 1.00 bits per heavy atom. The summed E-state index contributed by atoms with van der Waals surface area (Å²) in [6, 6.07) is 10.2. The largest absolute Gasteiger partial charge is 0.493 e. The van der Waals surface area contributed by atoms with Crippen molar-refractivity contribution in [1.29, 1.82) is 0 Å². The highest BCUT2D eigenvalue weighted by Crippen LogP contribution is 2.36. The number of hydrogen-bond acceptors (Lipinski definition) is 9. The molecule has 0 bridgehead atoms. The van der Waals surface area contributed by atoms with Crippen LogP contribution >= 0.6 is 11.3 Å². The molecule has 1 aliphatic rings. The first-order valence-electron chi connectivity index (χ1n) is 14.0. The molecule has 0 radical (unpaired) electrons. The quantitative estimate of drug-likeness (QED) is 0.295. The van der Waals surface area contributed by atoms with Gasteiger partial charge in [0.2, 0.25) is 0 Å². The maximum atomic E-state index is 14.0. The average Bonchev–Trinajstić information content (AvgIpc) is 3.26. The van der Waals surface area contributed by atoms with Gasteiger partial charge in [-0.25, -0.2) is 9.79 Å². The van der Waals surface area contributed by atoms with E-state index in [1.165, 1.54) is 11.3 Å². The van der Waals surface area contributed by atoms with E-state index in [4.69, 9.17) is 23.7 Å². The Hall–Kier alpha value is -4.05. The molecule has 42 heavy (non-hydrogen) atoms. The lowest BCUT2D eigenvalue weighted by molar-refractivity contribution is -0.139. The minimum Gasteiger partial charge on any atom is -0.493 e. The number of ether oxygens (including phenoxy) is 5. The predicted octanol–water partition coefficient (Wildman–Crippen LogP) is 4.78. The van der Waals surface area contributed by atoms with Crippen molar-refractivity contribution < 1.29 is 28.5 Å². The van der Waals surface area contributed by atoms with E-state index in [1.54, 1.807) is 50.8 Å². The molecule has 0 amide bonds. The number of benzene rings is 2. The van der Waals surface area contributed by atoms with Crippen molar-refractivity contribution in [3.05, 3.63) is 78.5 Å². The van der Waals surface area contributed by atoms with Crippen LogP contribution in [0.4, 0.5) is 0 Å². The molecule has 4 rings (SSSR count). The van der Waals surface area contributed by atoms with Gasteiger partial charge in [-0.05, 0) is 82.5 Å². The fourth-order valence-electron chi connectivity index (χ4n) is 4.64. The molecule has 10 heteroatoms. The normalized spacial score (nSPS) is 15.6. The number of nitrogens with zero attached hydrogens (tertiary/aromatic N) is 2. The smallest absolute Gasteiger partial charge is 0.338 e. The second kappa shape index (κ2) is 13.3. The summed E-state index contributed by atoms with van der Waals surface area (Å²) in [6.07, 6.45) is 2.63. The number of thiazole rings is 1. The number of rotatable bonds is 11. The van der Waals surface area contributed by atoms with E-state index < -0.39 is 12.0 Å². The van der Waals surface area contributed by atoms with Crippen molar-refractivity contribution in [2.45, 2.75) is 66.2 Å². The molecule has 9 nitrogen and oxygen atoms in total. The molecule has 0 spiro atoms. The Labute approximate surface area is 249 Å². The Bertz CT molecular complexity index is 1670. The predicted molar refractivity (Wildman–Crippen MR) is 163 cm³/mol. The van der Waals surface area contributed by atoms with Gasteiger partial charge in [0.1, 0.15) is 0 Å². The zero-order chi connectivity index (χ0) is 30.6. The molecule has 1 aromatic heterocycles. The molecule has 0 N–H and O–H groups in total. The van der Waals surface area contributed by atoms with Gasteiger partial charge >= 0.3 is 5.97 Å². The van der Waals surface area contributed by atoms with Gasteiger partial charge in [-0.1, -0.05) is 30.4 Å². The van der Waals surface area contributed by atoms with Gasteiger partial charge in [-0.15, -0.1) is 0 Å². The van der Waals surface area contributed by atoms with Gasteiger partial charge in [-0.3, -0.25) is 9.36 Å². The highest BCUT2D eigenvalue weighted by molar-refractivity contribution is 7.07. The molecule has 0 saturated heterocycles. The fourth-order valence-corrected chi connectivity index (χ4v) is 5.68. The van der Waals surface area contributed by atoms with Crippen molar-refractivity contribution >= 4 is 23.4 Å². The van der Waals surface area contributed by atoms with Crippen LogP contribution in [0.3, 0.4) is 0 Å². The second-order valence-electron chi connectivity index (χ2n) is 10.1. The number of fused-ring (bicyclic) bond motifs is 1. The van der Waals surface area contributed by atoms with E-state index >= 15 is 0 Å². The van der Waals surface area contributed by atoms with E-state index in [0.717, 1.165) is 12.0 Å². The van der Waals surface area contributed by atoms with E-state index in [-0.39, 0.29) is 24.4 Å². The molecule has 0 aliphatic carbocycles. The zero-order valence-corrected chi connectivity index (χ0v) is 26.2. The Balaban J connectivity index is 1.88. The van der Waals surface area contributed by atoms with Crippen molar-refractivity contribution in [2.75, 3.05) is 20.8 Å². The lowest BCUT2D eigenvalue weighted by Crippen LogP contribution is -2.40. The third-order valence-electron chi connectivity index (χ3n) is 6.77. The third-order valence-corrected chi connectivity index (χ3v) is 7.75. The monoisotopic (exact) mass is 594 g/mol. The van der Waals surface area contributed by atoms with Gasteiger partial charge in [-0.2, -0.15) is 0 Å². The van der Waals surface area contributed by atoms with Crippen LogP contribution in [0.2, 0.25) is 0 Å². The number of aromatic nitrogens is 1. The van der Waals surface area contributed by atoms with Gasteiger partial charge in [0.05, 0.1) is 54.9 Å². The highest BCUT2D eigenvalue weighted by atomic mass is 32.1. The Kier molecular flexibility index (Phi) is 9.78. The first kappa shape index (κ1) is 30.9. The molecule has 2 heterocycles. The number of methoxy groups -OCH3 is 2. The summed E-state index contributed by atoms with van der Waals surface area (Å²) in [5.74, 6) is 1.75. The molecule has 2 aromatic carbocycles. The van der Waals surface area contributed by atoms with Crippen LogP contribution in [0.25, 0.3) is 6.08 Å². The molecule has 0 unspecified atom stereocenters. The van der Waals surface area contributed by atoms with Crippen molar-refractivity contribution in [2.24, 2.45) is 4.99 Å². The number of allylic oxidation sites excluding steroid dienone is 1. The lowest BCUT2D eigenvalue weighted by Gasteiger charge is -2.25. The second-order valence-corrected chi connectivity index (χ2v) is 11.1. The standard InChI is InChI=1S/C32H38N2O7S/c1-9-19(5)41-24-13-11-21(15-25(24)37-7)16-27-30(35)34-29(22-12-14-23(40-18(3)4)26(17-22)38-8)28(31(36)39-10-2)20(6)33-32(34)42-27/h11-19,29H,9-10H2,1-8H3/b27-16-/t19-,29-/m1/s1. The summed E-state index contributed by atoms with van der Waals surface area (Å²) in [6.45, 7) is 11.6. The summed E-state index contributed by atoms with van der Waals surface area (Å²) in [5, 5.41) is 0. The molecular formula is C32H38N2O7S. The van der Waals surface area contributed by atoms with E-state index in [2.05, 4.69) is 11.9 Å².